The Bertz CT molecular complexity index is 260. The summed E-state index contributed by atoms with van der Waals surface area (Å²) in [5.74, 6) is -1.15. The van der Waals surface area contributed by atoms with Crippen LogP contribution in [0.5, 0.6) is 0 Å². The molecule has 1 aliphatic rings. The largest absolute Gasteiger partial charge is 0.479 e. The molecule has 0 saturated heterocycles. The summed E-state index contributed by atoms with van der Waals surface area (Å²) in [5, 5.41) is 17.4. The van der Waals surface area contributed by atoms with E-state index in [2.05, 4.69) is 0 Å². The second-order valence-corrected chi connectivity index (χ2v) is 2.75. The van der Waals surface area contributed by atoms with Gasteiger partial charge in [0, 0.05) is 6.54 Å². The highest BCUT2D eigenvalue weighted by molar-refractivity contribution is 5.86. The Morgan fingerprint density at radius 1 is 1.50 bits per heavy atom. The maximum Gasteiger partial charge on any atom is 0.408 e. The summed E-state index contributed by atoms with van der Waals surface area (Å²) in [5.41, 5.74) is -1.40. The van der Waals surface area contributed by atoms with Gasteiger partial charge in [0.05, 0.1) is 0 Å². The van der Waals surface area contributed by atoms with E-state index in [1.165, 1.54) is 19.1 Å². The van der Waals surface area contributed by atoms with Gasteiger partial charge in [0.2, 0.25) is 0 Å². The molecule has 5 heteroatoms. The van der Waals surface area contributed by atoms with Gasteiger partial charge >= 0.3 is 12.1 Å². The van der Waals surface area contributed by atoms with Gasteiger partial charge in [-0.05, 0) is 6.92 Å². The van der Waals surface area contributed by atoms with Crippen LogP contribution in [0, 0.1) is 0 Å². The first-order valence-electron chi connectivity index (χ1n) is 3.40. The van der Waals surface area contributed by atoms with Crippen molar-refractivity contribution < 1.29 is 19.8 Å². The molecule has 0 saturated carbocycles. The standard InChI is InChI=1S/C7H9NO4/c1-7(5(9)10)3-2-4-8(7)6(11)12/h2-3H,4H2,1H3,(H,9,10)(H,11,12). The van der Waals surface area contributed by atoms with Gasteiger partial charge in [-0.25, -0.2) is 9.59 Å². The molecule has 0 spiro atoms. The summed E-state index contributed by atoms with van der Waals surface area (Å²) < 4.78 is 0. The number of carboxylic acids is 1. The van der Waals surface area contributed by atoms with Crippen molar-refractivity contribution in [2.24, 2.45) is 0 Å². The summed E-state index contributed by atoms with van der Waals surface area (Å²) >= 11 is 0. The first kappa shape index (κ1) is 8.58. The molecule has 0 fully saturated rings. The molecule has 0 aromatic rings. The van der Waals surface area contributed by atoms with E-state index in [-0.39, 0.29) is 6.54 Å². The molecule has 2 N–H and O–H groups in total. The van der Waals surface area contributed by atoms with E-state index in [4.69, 9.17) is 10.2 Å². The molecule has 0 radical (unpaired) electrons. The van der Waals surface area contributed by atoms with Crippen molar-refractivity contribution in [1.82, 2.24) is 4.90 Å². The third-order valence-electron chi connectivity index (χ3n) is 1.95. The summed E-state index contributed by atoms with van der Waals surface area (Å²) in [4.78, 5) is 22.1. The number of hydrogen-bond acceptors (Lipinski definition) is 2. The van der Waals surface area contributed by atoms with Gasteiger partial charge in [-0.15, -0.1) is 0 Å². The molecule has 1 aliphatic heterocycles. The van der Waals surface area contributed by atoms with Crippen molar-refractivity contribution in [1.29, 1.82) is 0 Å². The summed E-state index contributed by atoms with van der Waals surface area (Å²) in [6, 6.07) is 0. The third-order valence-corrected chi connectivity index (χ3v) is 1.95. The fourth-order valence-electron chi connectivity index (χ4n) is 1.13. The highest BCUT2D eigenvalue weighted by Gasteiger charge is 2.42. The Kier molecular flexibility index (Phi) is 1.79. The lowest BCUT2D eigenvalue weighted by atomic mass is 10.0. The number of carboxylic acid groups (broad SMARTS) is 2. The van der Waals surface area contributed by atoms with Gasteiger partial charge in [0.1, 0.15) is 0 Å². The number of hydrogen-bond donors (Lipinski definition) is 2. The van der Waals surface area contributed by atoms with Crippen molar-refractivity contribution in [3.05, 3.63) is 12.2 Å². The zero-order valence-electron chi connectivity index (χ0n) is 6.52. The van der Waals surface area contributed by atoms with E-state index in [9.17, 15) is 9.59 Å². The fraction of sp³-hybridized carbons (Fsp3) is 0.429. The third kappa shape index (κ3) is 1.03. The average molecular weight is 171 g/mol. The van der Waals surface area contributed by atoms with E-state index in [0.717, 1.165) is 4.90 Å². The molecule has 1 unspecified atom stereocenters. The monoisotopic (exact) mass is 171 g/mol. The second-order valence-electron chi connectivity index (χ2n) is 2.75. The van der Waals surface area contributed by atoms with E-state index >= 15 is 0 Å². The SMILES string of the molecule is CC1(C(=O)O)C=CCN1C(=O)O. The molecule has 1 heterocycles. The summed E-state index contributed by atoms with van der Waals surface area (Å²) in [6.07, 6.45) is 1.69. The van der Waals surface area contributed by atoms with Crippen LogP contribution in [0.1, 0.15) is 6.92 Å². The molecule has 1 atom stereocenters. The van der Waals surface area contributed by atoms with Crippen LogP contribution in [0.25, 0.3) is 0 Å². The molecule has 5 nitrogen and oxygen atoms in total. The summed E-state index contributed by atoms with van der Waals surface area (Å²) in [7, 11) is 0. The first-order chi connectivity index (χ1) is 5.48. The quantitative estimate of drug-likeness (QED) is 0.559. The van der Waals surface area contributed by atoms with Crippen molar-refractivity contribution in [2.75, 3.05) is 6.54 Å². The van der Waals surface area contributed by atoms with Gasteiger partial charge in [-0.3, -0.25) is 4.90 Å². The number of nitrogens with zero attached hydrogens (tertiary/aromatic N) is 1. The molecule has 0 bridgehead atoms. The fourth-order valence-corrected chi connectivity index (χ4v) is 1.13. The van der Waals surface area contributed by atoms with Crippen molar-refractivity contribution in [3.63, 3.8) is 0 Å². The van der Waals surface area contributed by atoms with E-state index in [0.29, 0.717) is 0 Å². The molecule has 1 amide bonds. The van der Waals surface area contributed by atoms with Crippen LogP contribution < -0.4 is 0 Å². The van der Waals surface area contributed by atoms with E-state index in [1.54, 1.807) is 0 Å². The molecule has 1 rings (SSSR count). The maximum absolute atomic E-state index is 10.7. The maximum atomic E-state index is 10.7. The van der Waals surface area contributed by atoms with Gasteiger partial charge < -0.3 is 10.2 Å². The topological polar surface area (TPSA) is 77.8 Å². The molecule has 0 aliphatic carbocycles. The Hall–Kier alpha value is -1.52. The minimum Gasteiger partial charge on any atom is -0.479 e. The van der Waals surface area contributed by atoms with Crippen LogP contribution in [0.15, 0.2) is 12.2 Å². The van der Waals surface area contributed by atoms with Gasteiger partial charge in [-0.2, -0.15) is 0 Å². The Morgan fingerprint density at radius 2 is 2.08 bits per heavy atom. The average Bonchev–Trinajstić information content (AvgIpc) is 2.32. The zero-order chi connectivity index (χ0) is 9.35. The van der Waals surface area contributed by atoms with Gasteiger partial charge in [-0.1, -0.05) is 12.2 Å². The number of amides is 1. The van der Waals surface area contributed by atoms with E-state index < -0.39 is 17.6 Å². The first-order valence-corrected chi connectivity index (χ1v) is 3.40. The lowest BCUT2D eigenvalue weighted by Gasteiger charge is -2.27. The minimum absolute atomic E-state index is 0.137. The minimum atomic E-state index is -1.40. The summed E-state index contributed by atoms with van der Waals surface area (Å²) in [6.45, 7) is 1.49. The van der Waals surface area contributed by atoms with Crippen molar-refractivity contribution in [2.45, 2.75) is 12.5 Å². The Balaban J connectivity index is 2.95. The Morgan fingerprint density at radius 3 is 2.42 bits per heavy atom. The molecule has 0 aromatic carbocycles. The molecular weight excluding hydrogens is 162 g/mol. The highest BCUT2D eigenvalue weighted by Crippen LogP contribution is 2.22. The van der Waals surface area contributed by atoms with Crippen molar-refractivity contribution in [3.8, 4) is 0 Å². The lowest BCUT2D eigenvalue weighted by molar-refractivity contribution is -0.145. The van der Waals surface area contributed by atoms with E-state index in [1.807, 2.05) is 0 Å². The predicted octanol–water partition coefficient (Wildman–Crippen LogP) is 0.379. The van der Waals surface area contributed by atoms with Crippen LogP contribution >= 0.6 is 0 Å². The zero-order valence-corrected chi connectivity index (χ0v) is 6.52. The van der Waals surface area contributed by atoms with Crippen molar-refractivity contribution >= 4 is 12.1 Å². The number of carbonyl (C=O) groups is 2. The molecule has 0 aromatic heterocycles. The normalized spacial score (nSPS) is 27.6. The lowest BCUT2D eigenvalue weighted by Crippen LogP contribution is -2.50. The smallest absolute Gasteiger partial charge is 0.408 e. The predicted molar refractivity (Wildman–Crippen MR) is 39.9 cm³/mol. The van der Waals surface area contributed by atoms with Crippen LogP contribution in [-0.2, 0) is 4.79 Å². The number of aliphatic carboxylic acids is 1. The van der Waals surface area contributed by atoms with Crippen LogP contribution in [0.3, 0.4) is 0 Å². The van der Waals surface area contributed by atoms with Crippen LogP contribution in [-0.4, -0.2) is 39.3 Å². The highest BCUT2D eigenvalue weighted by atomic mass is 16.4. The molecule has 12 heavy (non-hydrogen) atoms. The molecule has 66 valence electrons. The molecular formula is C7H9NO4. The van der Waals surface area contributed by atoms with Crippen LogP contribution in [0.2, 0.25) is 0 Å². The second kappa shape index (κ2) is 2.51. The van der Waals surface area contributed by atoms with Gasteiger partial charge in [0.25, 0.3) is 0 Å². The van der Waals surface area contributed by atoms with Crippen LogP contribution in [0.4, 0.5) is 4.79 Å². The number of rotatable bonds is 1. The Labute approximate surface area is 68.9 Å². The van der Waals surface area contributed by atoms with Gasteiger partial charge in [0.15, 0.2) is 5.54 Å².